The Hall–Kier alpha value is -1.27. The third-order valence-corrected chi connectivity index (χ3v) is 3.49. The van der Waals surface area contributed by atoms with Gasteiger partial charge in [0.05, 0.1) is 0 Å². The average molecular weight is 280 g/mol. The van der Waals surface area contributed by atoms with Gasteiger partial charge in [0.2, 0.25) is 11.8 Å². The van der Waals surface area contributed by atoms with Crippen LogP contribution in [0.25, 0.3) is 0 Å². The number of rotatable bonds is 5. The molecule has 2 amide bonds. The third-order valence-electron chi connectivity index (χ3n) is 3.49. The van der Waals surface area contributed by atoms with E-state index in [2.05, 4.69) is 0 Å². The van der Waals surface area contributed by atoms with Gasteiger partial charge < -0.3 is 10.6 Å². The van der Waals surface area contributed by atoms with Crippen LogP contribution in [-0.4, -0.2) is 35.5 Å². The van der Waals surface area contributed by atoms with Gasteiger partial charge in [-0.15, -0.1) is 0 Å². The van der Waals surface area contributed by atoms with Crippen LogP contribution in [0.3, 0.4) is 0 Å². The molecule has 1 aliphatic heterocycles. The quantitative estimate of drug-likeness (QED) is 0.835. The minimum absolute atomic E-state index is 0.0313. The van der Waals surface area contributed by atoms with Crippen molar-refractivity contribution < 1.29 is 22.8 Å². The number of nitrogens with two attached hydrogens (primary N) is 1. The van der Waals surface area contributed by atoms with Crippen LogP contribution in [0.5, 0.6) is 0 Å². The molecule has 1 saturated heterocycles. The monoisotopic (exact) mass is 280 g/mol. The molecule has 1 rings (SSSR count). The predicted octanol–water partition coefficient (Wildman–Crippen LogP) is 1.83. The Bertz CT molecular complexity index is 344. The smallest absolute Gasteiger partial charge is 0.368 e. The summed E-state index contributed by atoms with van der Waals surface area (Å²) in [5.74, 6) is -1.09. The molecule has 1 aliphatic rings. The molecule has 0 spiro atoms. The van der Waals surface area contributed by atoms with E-state index in [-0.39, 0.29) is 24.7 Å². The Kier molecular flexibility index (Phi) is 5.20. The van der Waals surface area contributed by atoms with Crippen molar-refractivity contribution in [2.24, 2.45) is 11.7 Å². The summed E-state index contributed by atoms with van der Waals surface area (Å²) in [6, 6.07) is -0.643. The summed E-state index contributed by atoms with van der Waals surface area (Å²) >= 11 is 0. The van der Waals surface area contributed by atoms with Gasteiger partial charge in [-0.3, -0.25) is 9.59 Å². The second-order valence-corrected chi connectivity index (χ2v) is 4.93. The van der Waals surface area contributed by atoms with E-state index in [1.807, 2.05) is 0 Å². The summed E-state index contributed by atoms with van der Waals surface area (Å²) < 4.78 is 36.3. The van der Waals surface area contributed by atoms with Gasteiger partial charge >= 0.3 is 6.18 Å². The van der Waals surface area contributed by atoms with Crippen molar-refractivity contribution in [2.45, 2.75) is 51.2 Å². The molecule has 1 fully saturated rings. The molecule has 1 heterocycles. The van der Waals surface area contributed by atoms with Gasteiger partial charge in [-0.05, 0) is 25.2 Å². The zero-order valence-corrected chi connectivity index (χ0v) is 10.9. The van der Waals surface area contributed by atoms with Gasteiger partial charge in [-0.2, -0.15) is 13.2 Å². The van der Waals surface area contributed by atoms with Gasteiger partial charge in [0.15, 0.2) is 0 Å². The van der Waals surface area contributed by atoms with E-state index in [4.69, 9.17) is 5.73 Å². The summed E-state index contributed by atoms with van der Waals surface area (Å²) in [4.78, 5) is 24.5. The Morgan fingerprint density at radius 2 is 2.16 bits per heavy atom. The highest BCUT2D eigenvalue weighted by Gasteiger charge is 2.34. The highest BCUT2D eigenvalue weighted by atomic mass is 19.4. The van der Waals surface area contributed by atoms with Crippen LogP contribution in [-0.2, 0) is 9.59 Å². The van der Waals surface area contributed by atoms with E-state index in [0.717, 1.165) is 0 Å². The number of nitrogens with zero attached hydrogens (tertiary/aromatic N) is 1. The molecule has 0 aromatic rings. The third kappa shape index (κ3) is 4.72. The van der Waals surface area contributed by atoms with Gasteiger partial charge in [0.25, 0.3) is 0 Å². The molecule has 2 unspecified atom stereocenters. The summed E-state index contributed by atoms with van der Waals surface area (Å²) in [6.07, 6.45) is -4.09. The van der Waals surface area contributed by atoms with E-state index in [1.54, 1.807) is 6.92 Å². The Morgan fingerprint density at radius 3 is 2.58 bits per heavy atom. The van der Waals surface area contributed by atoms with Crippen LogP contribution < -0.4 is 5.73 Å². The lowest BCUT2D eigenvalue weighted by molar-refractivity contribution is -0.147. The fraction of sp³-hybridized carbons (Fsp3) is 0.833. The maximum Gasteiger partial charge on any atom is 0.389 e. The molecule has 0 aromatic carbocycles. The number of carbonyl (C=O) groups excluding carboxylic acids is 2. The normalized spacial score (nSPS) is 22.4. The van der Waals surface area contributed by atoms with Crippen molar-refractivity contribution in [3.8, 4) is 0 Å². The van der Waals surface area contributed by atoms with Crippen molar-refractivity contribution in [1.82, 2.24) is 4.90 Å². The highest BCUT2D eigenvalue weighted by molar-refractivity contribution is 5.87. The van der Waals surface area contributed by atoms with Crippen molar-refractivity contribution in [3.63, 3.8) is 0 Å². The molecule has 0 saturated carbocycles. The van der Waals surface area contributed by atoms with Crippen LogP contribution in [0, 0.1) is 5.92 Å². The Labute approximate surface area is 110 Å². The van der Waals surface area contributed by atoms with Crippen LogP contribution >= 0.6 is 0 Å². The van der Waals surface area contributed by atoms with Crippen molar-refractivity contribution in [1.29, 1.82) is 0 Å². The molecule has 4 nitrogen and oxygen atoms in total. The van der Waals surface area contributed by atoms with E-state index in [0.29, 0.717) is 19.4 Å². The molecule has 19 heavy (non-hydrogen) atoms. The average Bonchev–Trinajstić information content (AvgIpc) is 2.28. The first-order valence-corrected chi connectivity index (χ1v) is 6.40. The fourth-order valence-electron chi connectivity index (χ4n) is 2.43. The second kappa shape index (κ2) is 6.25. The molecule has 0 bridgehead atoms. The number of likely N-dealkylation sites (tertiary alicyclic amines) is 1. The SMILES string of the molecule is CCC(C(N)=O)N1CCC(CCC(F)(F)F)CC1=O. The van der Waals surface area contributed by atoms with Crippen LogP contribution in [0.1, 0.15) is 39.0 Å². The number of piperidine rings is 1. The lowest BCUT2D eigenvalue weighted by Crippen LogP contribution is -2.50. The van der Waals surface area contributed by atoms with Gasteiger partial charge in [-0.25, -0.2) is 0 Å². The number of primary amides is 1. The van der Waals surface area contributed by atoms with Crippen LogP contribution in [0.15, 0.2) is 0 Å². The van der Waals surface area contributed by atoms with Crippen molar-refractivity contribution in [3.05, 3.63) is 0 Å². The Balaban J connectivity index is 2.52. The molecule has 0 radical (unpaired) electrons. The first-order valence-electron chi connectivity index (χ1n) is 6.40. The summed E-state index contributed by atoms with van der Waals surface area (Å²) in [5.41, 5.74) is 5.21. The topological polar surface area (TPSA) is 63.4 Å². The second-order valence-electron chi connectivity index (χ2n) is 4.93. The fourth-order valence-corrected chi connectivity index (χ4v) is 2.43. The molecule has 2 N–H and O–H groups in total. The summed E-state index contributed by atoms with van der Waals surface area (Å²) in [6.45, 7) is 2.06. The van der Waals surface area contributed by atoms with Gasteiger partial charge in [-0.1, -0.05) is 6.92 Å². The molecule has 0 aromatic heterocycles. The van der Waals surface area contributed by atoms with Crippen LogP contribution in [0.2, 0.25) is 0 Å². The molecule has 0 aliphatic carbocycles. The molecular formula is C12H19F3N2O2. The predicted molar refractivity (Wildman–Crippen MR) is 63.0 cm³/mol. The maximum atomic E-state index is 12.1. The zero-order valence-electron chi connectivity index (χ0n) is 10.9. The minimum atomic E-state index is -4.18. The van der Waals surface area contributed by atoms with Crippen molar-refractivity contribution in [2.75, 3.05) is 6.54 Å². The van der Waals surface area contributed by atoms with Crippen LogP contribution in [0.4, 0.5) is 13.2 Å². The molecule has 2 atom stereocenters. The zero-order chi connectivity index (χ0) is 14.6. The lowest BCUT2D eigenvalue weighted by atomic mass is 9.90. The van der Waals surface area contributed by atoms with E-state index in [1.165, 1.54) is 4.90 Å². The standard InChI is InChI=1S/C12H19F3N2O2/c1-2-9(11(16)19)17-6-4-8(7-10(17)18)3-5-12(13,14)15/h8-9H,2-7H2,1H3,(H2,16,19). The first-order chi connectivity index (χ1) is 8.74. The molecular weight excluding hydrogens is 261 g/mol. The van der Waals surface area contributed by atoms with E-state index < -0.39 is 24.5 Å². The largest absolute Gasteiger partial charge is 0.389 e. The highest BCUT2D eigenvalue weighted by Crippen LogP contribution is 2.30. The number of hydrogen-bond donors (Lipinski definition) is 1. The number of carbonyl (C=O) groups is 2. The van der Waals surface area contributed by atoms with Gasteiger partial charge in [0.1, 0.15) is 6.04 Å². The minimum Gasteiger partial charge on any atom is -0.368 e. The first kappa shape index (κ1) is 15.8. The summed E-state index contributed by atoms with van der Waals surface area (Å²) in [5, 5.41) is 0. The number of amides is 2. The molecule has 7 heteroatoms. The number of alkyl halides is 3. The number of halogens is 3. The van der Waals surface area contributed by atoms with E-state index in [9.17, 15) is 22.8 Å². The van der Waals surface area contributed by atoms with E-state index >= 15 is 0 Å². The molecule has 110 valence electrons. The van der Waals surface area contributed by atoms with Gasteiger partial charge in [0, 0.05) is 19.4 Å². The Morgan fingerprint density at radius 1 is 1.53 bits per heavy atom. The summed E-state index contributed by atoms with van der Waals surface area (Å²) in [7, 11) is 0. The lowest BCUT2D eigenvalue weighted by Gasteiger charge is -2.35. The van der Waals surface area contributed by atoms with Crippen molar-refractivity contribution >= 4 is 11.8 Å². The maximum absolute atomic E-state index is 12.1. The number of hydrogen-bond acceptors (Lipinski definition) is 2.